The van der Waals surface area contributed by atoms with E-state index < -0.39 is 0 Å². The summed E-state index contributed by atoms with van der Waals surface area (Å²) in [5.41, 5.74) is 0.461. The van der Waals surface area contributed by atoms with E-state index in [0.29, 0.717) is 0 Å². The Balaban J connectivity index is 3.03. The second-order valence-corrected chi connectivity index (χ2v) is 5.01. The van der Waals surface area contributed by atoms with Crippen molar-refractivity contribution in [3.05, 3.63) is 34.3 Å². The second-order valence-electron chi connectivity index (χ2n) is 4.09. The SMILES string of the molecule is CC(C)(C)C(=O)c1cccc(Br)c1. The summed E-state index contributed by atoms with van der Waals surface area (Å²) >= 11 is 3.34. The summed E-state index contributed by atoms with van der Waals surface area (Å²) in [6.07, 6.45) is 0. The molecule has 0 aliphatic heterocycles. The van der Waals surface area contributed by atoms with Crippen LogP contribution < -0.4 is 0 Å². The highest BCUT2D eigenvalue weighted by Crippen LogP contribution is 2.22. The van der Waals surface area contributed by atoms with Crippen LogP contribution in [0, 0.1) is 5.41 Å². The quantitative estimate of drug-likeness (QED) is 0.685. The van der Waals surface area contributed by atoms with Crippen LogP contribution in [0.25, 0.3) is 0 Å². The molecule has 13 heavy (non-hydrogen) atoms. The first-order valence-electron chi connectivity index (χ1n) is 4.21. The van der Waals surface area contributed by atoms with E-state index in [-0.39, 0.29) is 11.2 Å². The average molecular weight is 241 g/mol. The Hall–Kier alpha value is -0.630. The van der Waals surface area contributed by atoms with Crippen molar-refractivity contribution in [3.8, 4) is 0 Å². The minimum Gasteiger partial charge on any atom is -0.294 e. The molecule has 0 radical (unpaired) electrons. The molecule has 0 saturated carbocycles. The Bertz CT molecular complexity index is 323. The van der Waals surface area contributed by atoms with Gasteiger partial charge in [-0.3, -0.25) is 4.79 Å². The lowest BCUT2D eigenvalue weighted by Gasteiger charge is -2.16. The molecule has 70 valence electrons. The maximum absolute atomic E-state index is 11.8. The fourth-order valence-corrected chi connectivity index (χ4v) is 1.46. The fraction of sp³-hybridized carbons (Fsp3) is 0.364. The Morgan fingerprint density at radius 1 is 1.31 bits per heavy atom. The van der Waals surface area contributed by atoms with E-state index in [1.165, 1.54) is 0 Å². The first kappa shape index (κ1) is 10.5. The van der Waals surface area contributed by atoms with Crippen molar-refractivity contribution in [2.75, 3.05) is 0 Å². The lowest BCUT2D eigenvalue weighted by Crippen LogP contribution is -2.19. The zero-order valence-electron chi connectivity index (χ0n) is 8.10. The molecule has 0 unspecified atom stereocenters. The van der Waals surface area contributed by atoms with Gasteiger partial charge >= 0.3 is 0 Å². The van der Waals surface area contributed by atoms with E-state index in [0.717, 1.165) is 10.0 Å². The number of Topliss-reactive ketones (excluding diaryl/α,β-unsaturated/α-hetero) is 1. The van der Waals surface area contributed by atoms with Crippen LogP contribution in [-0.4, -0.2) is 5.78 Å². The smallest absolute Gasteiger partial charge is 0.168 e. The molecule has 0 saturated heterocycles. The highest BCUT2D eigenvalue weighted by Gasteiger charge is 2.22. The summed E-state index contributed by atoms with van der Waals surface area (Å²) in [7, 11) is 0. The molecule has 0 bridgehead atoms. The molecule has 0 heterocycles. The van der Waals surface area contributed by atoms with Crippen LogP contribution in [-0.2, 0) is 0 Å². The molecule has 0 atom stereocenters. The van der Waals surface area contributed by atoms with Crippen molar-refractivity contribution in [1.82, 2.24) is 0 Å². The predicted octanol–water partition coefficient (Wildman–Crippen LogP) is 3.68. The normalized spacial score (nSPS) is 11.4. The van der Waals surface area contributed by atoms with Crippen LogP contribution in [0.15, 0.2) is 28.7 Å². The number of hydrogen-bond donors (Lipinski definition) is 0. The summed E-state index contributed by atoms with van der Waals surface area (Å²) in [5, 5.41) is 0. The predicted molar refractivity (Wildman–Crippen MR) is 57.9 cm³/mol. The van der Waals surface area contributed by atoms with Gasteiger partial charge in [0.15, 0.2) is 5.78 Å². The van der Waals surface area contributed by atoms with Gasteiger partial charge in [0.05, 0.1) is 0 Å². The lowest BCUT2D eigenvalue weighted by molar-refractivity contribution is 0.0858. The van der Waals surface area contributed by atoms with Crippen LogP contribution in [0.2, 0.25) is 0 Å². The van der Waals surface area contributed by atoms with Gasteiger partial charge in [0.25, 0.3) is 0 Å². The van der Waals surface area contributed by atoms with Gasteiger partial charge in [0.2, 0.25) is 0 Å². The highest BCUT2D eigenvalue weighted by atomic mass is 79.9. The zero-order valence-corrected chi connectivity index (χ0v) is 9.68. The van der Waals surface area contributed by atoms with Crippen molar-refractivity contribution < 1.29 is 4.79 Å². The first-order chi connectivity index (χ1) is 5.91. The zero-order chi connectivity index (χ0) is 10.1. The molecule has 1 nitrogen and oxygen atoms in total. The summed E-state index contributed by atoms with van der Waals surface area (Å²) in [6.45, 7) is 5.78. The number of rotatable bonds is 1. The summed E-state index contributed by atoms with van der Waals surface area (Å²) < 4.78 is 0.947. The molecule has 1 aromatic rings. The van der Waals surface area contributed by atoms with Crippen LogP contribution in [0.4, 0.5) is 0 Å². The third-order valence-corrected chi connectivity index (χ3v) is 2.26. The highest BCUT2D eigenvalue weighted by molar-refractivity contribution is 9.10. The largest absolute Gasteiger partial charge is 0.294 e. The maximum Gasteiger partial charge on any atom is 0.168 e. The Labute approximate surface area is 87.3 Å². The molecular formula is C11H13BrO. The Kier molecular flexibility index (Phi) is 2.91. The Morgan fingerprint density at radius 3 is 2.38 bits per heavy atom. The minimum atomic E-state index is -0.305. The van der Waals surface area contributed by atoms with Gasteiger partial charge in [-0.15, -0.1) is 0 Å². The van der Waals surface area contributed by atoms with E-state index in [9.17, 15) is 4.79 Å². The van der Waals surface area contributed by atoms with Crippen molar-refractivity contribution in [3.63, 3.8) is 0 Å². The molecular weight excluding hydrogens is 228 g/mol. The van der Waals surface area contributed by atoms with Crippen LogP contribution in [0.1, 0.15) is 31.1 Å². The number of hydrogen-bond acceptors (Lipinski definition) is 1. The molecule has 0 spiro atoms. The first-order valence-corrected chi connectivity index (χ1v) is 5.01. The van der Waals surface area contributed by atoms with Gasteiger partial charge in [-0.2, -0.15) is 0 Å². The standard InChI is InChI=1S/C11H13BrO/c1-11(2,3)10(13)8-5-4-6-9(12)7-8/h4-7H,1-3H3. The van der Waals surface area contributed by atoms with Gasteiger partial charge in [0.1, 0.15) is 0 Å². The van der Waals surface area contributed by atoms with E-state index in [4.69, 9.17) is 0 Å². The molecule has 0 amide bonds. The Morgan fingerprint density at radius 2 is 1.92 bits per heavy atom. The molecule has 0 aliphatic carbocycles. The fourth-order valence-electron chi connectivity index (χ4n) is 1.06. The molecule has 2 heteroatoms. The van der Waals surface area contributed by atoms with Gasteiger partial charge in [-0.05, 0) is 12.1 Å². The topological polar surface area (TPSA) is 17.1 Å². The summed E-state index contributed by atoms with van der Waals surface area (Å²) in [4.78, 5) is 11.8. The van der Waals surface area contributed by atoms with Crippen molar-refractivity contribution in [2.24, 2.45) is 5.41 Å². The van der Waals surface area contributed by atoms with Gasteiger partial charge < -0.3 is 0 Å². The minimum absolute atomic E-state index is 0.175. The van der Waals surface area contributed by atoms with Gasteiger partial charge in [-0.1, -0.05) is 48.8 Å². The van der Waals surface area contributed by atoms with Crippen molar-refractivity contribution in [1.29, 1.82) is 0 Å². The van der Waals surface area contributed by atoms with Gasteiger partial charge in [-0.25, -0.2) is 0 Å². The molecule has 1 rings (SSSR count). The summed E-state index contributed by atoms with van der Waals surface area (Å²) in [6, 6.07) is 7.49. The molecule has 1 aromatic carbocycles. The lowest BCUT2D eigenvalue weighted by atomic mass is 9.87. The van der Waals surface area contributed by atoms with Gasteiger partial charge in [0, 0.05) is 15.5 Å². The number of carbonyl (C=O) groups is 1. The third kappa shape index (κ3) is 2.66. The number of carbonyl (C=O) groups excluding carboxylic acids is 1. The third-order valence-electron chi connectivity index (χ3n) is 1.77. The monoisotopic (exact) mass is 240 g/mol. The average Bonchev–Trinajstić information content (AvgIpc) is 2.01. The van der Waals surface area contributed by atoms with E-state index in [1.807, 2.05) is 45.0 Å². The number of halogens is 1. The molecule has 0 aliphatic rings. The van der Waals surface area contributed by atoms with Crippen LogP contribution >= 0.6 is 15.9 Å². The maximum atomic E-state index is 11.8. The van der Waals surface area contributed by atoms with E-state index >= 15 is 0 Å². The van der Waals surface area contributed by atoms with Crippen molar-refractivity contribution >= 4 is 21.7 Å². The van der Waals surface area contributed by atoms with Crippen molar-refractivity contribution in [2.45, 2.75) is 20.8 Å². The second kappa shape index (κ2) is 3.62. The molecule has 0 fully saturated rings. The molecule has 0 aromatic heterocycles. The molecule has 0 N–H and O–H groups in total. The van der Waals surface area contributed by atoms with E-state index in [1.54, 1.807) is 0 Å². The summed E-state index contributed by atoms with van der Waals surface area (Å²) in [5.74, 6) is 0.175. The van der Waals surface area contributed by atoms with Crippen LogP contribution in [0.5, 0.6) is 0 Å². The number of benzene rings is 1. The van der Waals surface area contributed by atoms with Crippen LogP contribution in [0.3, 0.4) is 0 Å². The number of ketones is 1. The van der Waals surface area contributed by atoms with E-state index in [2.05, 4.69) is 15.9 Å².